The molecule has 6 nitrogen and oxygen atoms in total. The maximum Gasteiger partial charge on any atom is 0.226 e. The van der Waals surface area contributed by atoms with Crippen LogP contribution in [-0.2, 0) is 22.4 Å². The van der Waals surface area contributed by atoms with Crippen LogP contribution >= 0.6 is 0 Å². The lowest BCUT2D eigenvalue weighted by Gasteiger charge is -2.20. The van der Waals surface area contributed by atoms with Crippen LogP contribution in [0.25, 0.3) is 0 Å². The molecule has 0 radical (unpaired) electrons. The number of aryl methyl sites for hydroxylation is 1. The molecule has 25 heavy (non-hydrogen) atoms. The summed E-state index contributed by atoms with van der Waals surface area (Å²) in [6.07, 6.45) is 1.42. The van der Waals surface area contributed by atoms with E-state index in [1.807, 2.05) is 31.2 Å². The number of carbonyl (C=O) groups excluding carboxylic acids is 2. The predicted molar refractivity (Wildman–Crippen MR) is 94.4 cm³/mol. The third-order valence-electron chi connectivity index (χ3n) is 4.23. The summed E-state index contributed by atoms with van der Waals surface area (Å²) in [5.41, 5.74) is 3.64. The number of hydrogen-bond donors (Lipinski definition) is 2. The largest absolute Gasteiger partial charge is 0.481 e. The number of pyridine rings is 1. The molecule has 0 spiro atoms. The van der Waals surface area contributed by atoms with Crippen molar-refractivity contribution in [3.63, 3.8) is 0 Å². The van der Waals surface area contributed by atoms with E-state index in [-0.39, 0.29) is 24.3 Å². The fraction of sp³-hybridized carbons (Fsp3) is 0.316. The van der Waals surface area contributed by atoms with E-state index in [2.05, 4.69) is 15.6 Å². The third kappa shape index (κ3) is 4.15. The molecule has 2 aromatic rings. The molecule has 0 fully saturated rings. The van der Waals surface area contributed by atoms with E-state index in [1.165, 1.54) is 0 Å². The zero-order valence-electron chi connectivity index (χ0n) is 14.3. The van der Waals surface area contributed by atoms with Crippen LogP contribution in [0.1, 0.15) is 36.2 Å². The van der Waals surface area contributed by atoms with Crippen LogP contribution < -0.4 is 15.4 Å². The van der Waals surface area contributed by atoms with Gasteiger partial charge in [0.1, 0.15) is 0 Å². The number of amides is 2. The van der Waals surface area contributed by atoms with Gasteiger partial charge in [0.15, 0.2) is 0 Å². The number of nitrogens with zero attached hydrogens (tertiary/aromatic N) is 1. The number of anilines is 1. The van der Waals surface area contributed by atoms with Gasteiger partial charge in [-0.15, -0.1) is 0 Å². The van der Waals surface area contributed by atoms with Crippen LogP contribution in [0.3, 0.4) is 0 Å². The second-order valence-corrected chi connectivity index (χ2v) is 6.10. The molecule has 130 valence electrons. The highest BCUT2D eigenvalue weighted by Gasteiger charge is 2.17. The summed E-state index contributed by atoms with van der Waals surface area (Å²) < 4.78 is 5.07. The van der Waals surface area contributed by atoms with Gasteiger partial charge in [0, 0.05) is 18.2 Å². The molecule has 1 aliphatic rings. The van der Waals surface area contributed by atoms with Gasteiger partial charge in [-0.25, -0.2) is 4.98 Å². The molecule has 1 atom stereocenters. The standard InChI is InChI=1S/C19H21N3O3/c1-12(13-6-8-16-14(10-13)7-9-17(23)22-16)20-18(24)11-15-4-3-5-19(21-15)25-2/h3-6,8,10,12H,7,9,11H2,1-2H3,(H,20,24)(H,22,23)/t12-/m1/s1. The Balaban J connectivity index is 1.64. The Hall–Kier alpha value is -2.89. The highest BCUT2D eigenvalue weighted by Crippen LogP contribution is 2.26. The minimum Gasteiger partial charge on any atom is -0.481 e. The SMILES string of the molecule is COc1cccc(CC(=O)N[C@H](C)c2ccc3c(c2)CCC(=O)N3)n1. The number of aromatic nitrogens is 1. The summed E-state index contributed by atoms with van der Waals surface area (Å²) in [6, 6.07) is 11.1. The first-order valence-corrected chi connectivity index (χ1v) is 8.27. The van der Waals surface area contributed by atoms with Crippen LogP contribution in [0, 0.1) is 0 Å². The average molecular weight is 339 g/mol. The lowest BCUT2D eigenvalue weighted by molar-refractivity contribution is -0.121. The lowest BCUT2D eigenvalue weighted by atomic mass is 9.97. The van der Waals surface area contributed by atoms with E-state index in [4.69, 9.17) is 4.74 Å². The van der Waals surface area contributed by atoms with Crippen LogP contribution in [0.4, 0.5) is 5.69 Å². The molecule has 0 unspecified atom stereocenters. The highest BCUT2D eigenvalue weighted by atomic mass is 16.5. The van der Waals surface area contributed by atoms with E-state index in [9.17, 15) is 9.59 Å². The maximum absolute atomic E-state index is 12.3. The van der Waals surface area contributed by atoms with Gasteiger partial charge < -0.3 is 15.4 Å². The Bertz CT molecular complexity index is 804. The number of nitrogens with one attached hydrogen (secondary N) is 2. The maximum atomic E-state index is 12.3. The highest BCUT2D eigenvalue weighted by molar-refractivity contribution is 5.93. The summed E-state index contributed by atoms with van der Waals surface area (Å²) in [7, 11) is 1.55. The van der Waals surface area contributed by atoms with Crippen molar-refractivity contribution in [3.05, 3.63) is 53.2 Å². The molecule has 0 saturated heterocycles. The van der Waals surface area contributed by atoms with Crippen molar-refractivity contribution in [2.75, 3.05) is 12.4 Å². The lowest BCUT2D eigenvalue weighted by Crippen LogP contribution is -2.28. The van der Waals surface area contributed by atoms with Crippen molar-refractivity contribution in [1.29, 1.82) is 0 Å². The van der Waals surface area contributed by atoms with Crippen LogP contribution in [-0.4, -0.2) is 23.9 Å². The zero-order chi connectivity index (χ0) is 17.8. The first-order valence-electron chi connectivity index (χ1n) is 8.27. The quantitative estimate of drug-likeness (QED) is 0.876. The predicted octanol–water partition coefficient (Wildman–Crippen LogP) is 2.39. The molecule has 0 saturated carbocycles. The molecule has 2 N–H and O–H groups in total. The van der Waals surface area contributed by atoms with E-state index >= 15 is 0 Å². The number of rotatable bonds is 5. The minimum atomic E-state index is -0.124. The monoisotopic (exact) mass is 339 g/mol. The molecule has 2 heterocycles. The van der Waals surface area contributed by atoms with Crippen molar-refractivity contribution in [2.24, 2.45) is 0 Å². The first-order chi connectivity index (χ1) is 12.0. The van der Waals surface area contributed by atoms with Gasteiger partial charge in [-0.3, -0.25) is 9.59 Å². The van der Waals surface area contributed by atoms with Gasteiger partial charge in [0.05, 0.1) is 25.3 Å². The smallest absolute Gasteiger partial charge is 0.226 e. The Morgan fingerprint density at radius 2 is 2.16 bits per heavy atom. The van der Waals surface area contributed by atoms with Gasteiger partial charge in [-0.2, -0.15) is 0 Å². The normalized spacial score (nSPS) is 14.2. The molecule has 0 aliphatic carbocycles. The molecular weight excluding hydrogens is 318 g/mol. The van der Waals surface area contributed by atoms with Gasteiger partial charge in [0.25, 0.3) is 0 Å². The third-order valence-corrected chi connectivity index (χ3v) is 4.23. The number of benzene rings is 1. The second kappa shape index (κ2) is 7.34. The number of hydrogen-bond acceptors (Lipinski definition) is 4. The zero-order valence-corrected chi connectivity index (χ0v) is 14.3. The Kier molecular flexibility index (Phi) is 4.97. The average Bonchev–Trinajstić information content (AvgIpc) is 2.61. The number of ether oxygens (including phenoxy) is 1. The fourth-order valence-electron chi connectivity index (χ4n) is 2.88. The topological polar surface area (TPSA) is 80.3 Å². The molecule has 3 rings (SSSR count). The molecule has 1 aromatic carbocycles. The Morgan fingerprint density at radius 1 is 1.32 bits per heavy atom. The number of fused-ring (bicyclic) bond motifs is 1. The molecular formula is C19H21N3O3. The second-order valence-electron chi connectivity index (χ2n) is 6.10. The molecule has 6 heteroatoms. The van der Waals surface area contributed by atoms with Crippen molar-refractivity contribution in [2.45, 2.75) is 32.2 Å². The van der Waals surface area contributed by atoms with E-state index in [0.29, 0.717) is 18.0 Å². The summed E-state index contributed by atoms with van der Waals surface area (Å²) in [4.78, 5) is 28.0. The first kappa shape index (κ1) is 17.0. The van der Waals surface area contributed by atoms with E-state index in [1.54, 1.807) is 19.2 Å². The van der Waals surface area contributed by atoms with Gasteiger partial charge in [0.2, 0.25) is 17.7 Å². The van der Waals surface area contributed by atoms with E-state index < -0.39 is 0 Å². The summed E-state index contributed by atoms with van der Waals surface area (Å²) in [5.74, 6) is 0.446. The number of methoxy groups -OCH3 is 1. The molecule has 0 bridgehead atoms. The van der Waals surface area contributed by atoms with Crippen molar-refractivity contribution in [1.82, 2.24) is 10.3 Å². The Labute approximate surface area is 146 Å². The number of carbonyl (C=O) groups is 2. The fourth-order valence-corrected chi connectivity index (χ4v) is 2.88. The van der Waals surface area contributed by atoms with Crippen molar-refractivity contribution in [3.8, 4) is 5.88 Å². The van der Waals surface area contributed by atoms with Crippen molar-refractivity contribution >= 4 is 17.5 Å². The molecule has 2 amide bonds. The Morgan fingerprint density at radius 3 is 2.96 bits per heavy atom. The van der Waals surface area contributed by atoms with Crippen molar-refractivity contribution < 1.29 is 14.3 Å². The van der Waals surface area contributed by atoms with Crippen LogP contribution in [0.5, 0.6) is 5.88 Å². The van der Waals surface area contributed by atoms with Gasteiger partial charge in [-0.1, -0.05) is 18.2 Å². The summed E-state index contributed by atoms with van der Waals surface area (Å²) >= 11 is 0. The summed E-state index contributed by atoms with van der Waals surface area (Å²) in [6.45, 7) is 1.94. The molecule has 1 aliphatic heterocycles. The van der Waals surface area contributed by atoms with Crippen LogP contribution in [0.15, 0.2) is 36.4 Å². The van der Waals surface area contributed by atoms with Gasteiger partial charge in [-0.05, 0) is 36.6 Å². The minimum absolute atomic E-state index is 0.0485. The molecule has 1 aromatic heterocycles. The van der Waals surface area contributed by atoms with E-state index in [0.717, 1.165) is 23.2 Å². The van der Waals surface area contributed by atoms with Crippen LogP contribution in [0.2, 0.25) is 0 Å². The van der Waals surface area contributed by atoms with Gasteiger partial charge >= 0.3 is 0 Å². The summed E-state index contributed by atoms with van der Waals surface area (Å²) in [5, 5.41) is 5.85.